The number of methoxy groups -OCH3 is 1. The second-order valence-corrected chi connectivity index (χ2v) is 4.19. The molecule has 0 bridgehead atoms. The lowest BCUT2D eigenvalue weighted by Crippen LogP contribution is -2.16. The van der Waals surface area contributed by atoms with Crippen LogP contribution < -0.4 is 9.47 Å². The Hall–Kier alpha value is -1.26. The molecule has 0 radical (unpaired) electrons. The van der Waals surface area contributed by atoms with E-state index in [9.17, 15) is 5.11 Å². The second-order valence-electron chi connectivity index (χ2n) is 4.19. The van der Waals surface area contributed by atoms with E-state index in [0.29, 0.717) is 18.1 Å². The normalized spacial score (nSPS) is 21.2. The van der Waals surface area contributed by atoms with E-state index in [1.54, 1.807) is 20.1 Å². The van der Waals surface area contributed by atoms with Crippen LogP contribution in [0.25, 0.3) is 0 Å². The Morgan fingerprint density at radius 1 is 1.41 bits per heavy atom. The van der Waals surface area contributed by atoms with Gasteiger partial charge in [-0.3, -0.25) is 0 Å². The molecule has 0 spiro atoms. The molecule has 0 aliphatic carbocycles. The van der Waals surface area contributed by atoms with E-state index < -0.39 is 6.10 Å². The molecule has 2 atom stereocenters. The Balaban J connectivity index is 2.15. The van der Waals surface area contributed by atoms with Crippen molar-refractivity contribution in [2.75, 3.05) is 20.3 Å². The van der Waals surface area contributed by atoms with Gasteiger partial charge in [-0.05, 0) is 24.6 Å². The van der Waals surface area contributed by atoms with Crippen molar-refractivity contribution in [2.45, 2.75) is 25.6 Å². The number of aliphatic hydroxyl groups excluding tert-OH is 1. The molecule has 4 heteroatoms. The van der Waals surface area contributed by atoms with E-state index in [-0.39, 0.29) is 6.10 Å². The largest absolute Gasteiger partial charge is 0.493 e. The molecule has 17 heavy (non-hydrogen) atoms. The van der Waals surface area contributed by atoms with Crippen LogP contribution in [0.3, 0.4) is 0 Å². The maximum atomic E-state index is 9.50. The summed E-state index contributed by atoms with van der Waals surface area (Å²) >= 11 is 0. The summed E-state index contributed by atoms with van der Waals surface area (Å²) in [6.07, 6.45) is 0.496. The van der Waals surface area contributed by atoms with E-state index in [1.807, 2.05) is 12.1 Å². The molecule has 1 aromatic carbocycles. The summed E-state index contributed by atoms with van der Waals surface area (Å²) in [6, 6.07) is 5.48. The number of ether oxygens (including phenoxy) is 3. The average Bonchev–Trinajstić information content (AvgIpc) is 2.82. The molecule has 1 unspecified atom stereocenters. The first-order valence-corrected chi connectivity index (χ1v) is 5.81. The van der Waals surface area contributed by atoms with E-state index in [2.05, 4.69) is 0 Å². The van der Waals surface area contributed by atoms with Crippen LogP contribution in [0.4, 0.5) is 0 Å². The van der Waals surface area contributed by atoms with E-state index in [0.717, 1.165) is 18.6 Å². The smallest absolute Gasteiger partial charge is 0.161 e. The standard InChI is InChI=1S/C13H18O4/c1-9(14)10-3-4-12(13(7-10)15-2)17-11-5-6-16-8-11/h3-4,7,9,11,14H,5-6,8H2,1-2H3/t9-,11?/m0/s1. The van der Waals surface area contributed by atoms with Gasteiger partial charge in [-0.1, -0.05) is 6.07 Å². The third-order valence-electron chi connectivity index (χ3n) is 2.85. The summed E-state index contributed by atoms with van der Waals surface area (Å²) in [5.41, 5.74) is 0.817. The van der Waals surface area contributed by atoms with Gasteiger partial charge in [0.1, 0.15) is 6.10 Å². The lowest BCUT2D eigenvalue weighted by molar-refractivity contribution is 0.138. The molecule has 0 saturated carbocycles. The molecule has 1 saturated heterocycles. The Bertz CT molecular complexity index is 370. The van der Waals surface area contributed by atoms with E-state index in [1.165, 1.54) is 0 Å². The average molecular weight is 238 g/mol. The maximum Gasteiger partial charge on any atom is 0.161 e. The molecule has 1 fully saturated rings. The van der Waals surface area contributed by atoms with Crippen molar-refractivity contribution in [1.82, 2.24) is 0 Å². The van der Waals surface area contributed by atoms with Crippen LogP contribution in [-0.4, -0.2) is 31.5 Å². The van der Waals surface area contributed by atoms with Gasteiger partial charge in [0.25, 0.3) is 0 Å². The molecule has 2 rings (SSSR count). The van der Waals surface area contributed by atoms with Crippen LogP contribution in [-0.2, 0) is 4.74 Å². The summed E-state index contributed by atoms with van der Waals surface area (Å²) in [7, 11) is 1.60. The van der Waals surface area contributed by atoms with Gasteiger partial charge in [0.15, 0.2) is 11.5 Å². The first-order chi connectivity index (χ1) is 8.20. The Labute approximate surface area is 101 Å². The minimum atomic E-state index is -0.507. The highest BCUT2D eigenvalue weighted by Crippen LogP contribution is 2.31. The van der Waals surface area contributed by atoms with Gasteiger partial charge in [0.2, 0.25) is 0 Å². The van der Waals surface area contributed by atoms with Gasteiger partial charge < -0.3 is 19.3 Å². The van der Waals surface area contributed by atoms with Crippen LogP contribution in [0, 0.1) is 0 Å². The summed E-state index contributed by atoms with van der Waals surface area (Å²) in [5, 5.41) is 9.50. The molecular weight excluding hydrogens is 220 g/mol. The third kappa shape index (κ3) is 2.90. The zero-order valence-corrected chi connectivity index (χ0v) is 10.2. The number of hydrogen-bond acceptors (Lipinski definition) is 4. The van der Waals surface area contributed by atoms with Crippen molar-refractivity contribution in [3.8, 4) is 11.5 Å². The highest BCUT2D eigenvalue weighted by molar-refractivity contribution is 5.43. The molecular formula is C13H18O4. The van der Waals surface area contributed by atoms with Crippen LogP contribution >= 0.6 is 0 Å². The first kappa shape index (κ1) is 12.2. The molecule has 94 valence electrons. The van der Waals surface area contributed by atoms with E-state index >= 15 is 0 Å². The zero-order valence-electron chi connectivity index (χ0n) is 10.2. The number of benzene rings is 1. The third-order valence-corrected chi connectivity index (χ3v) is 2.85. The zero-order chi connectivity index (χ0) is 12.3. The van der Waals surface area contributed by atoms with Gasteiger partial charge in [-0.15, -0.1) is 0 Å². The predicted molar refractivity (Wildman–Crippen MR) is 63.5 cm³/mol. The predicted octanol–water partition coefficient (Wildman–Crippen LogP) is 1.92. The molecule has 1 aliphatic heterocycles. The number of hydrogen-bond donors (Lipinski definition) is 1. The maximum absolute atomic E-state index is 9.50. The Kier molecular flexibility index (Phi) is 3.86. The van der Waals surface area contributed by atoms with Crippen molar-refractivity contribution < 1.29 is 19.3 Å². The van der Waals surface area contributed by atoms with Crippen molar-refractivity contribution >= 4 is 0 Å². The monoisotopic (exact) mass is 238 g/mol. The minimum absolute atomic E-state index is 0.0984. The van der Waals surface area contributed by atoms with Gasteiger partial charge in [-0.25, -0.2) is 0 Å². The Morgan fingerprint density at radius 3 is 2.82 bits per heavy atom. The minimum Gasteiger partial charge on any atom is -0.493 e. The van der Waals surface area contributed by atoms with Crippen LogP contribution in [0.2, 0.25) is 0 Å². The SMILES string of the molecule is COc1cc([C@H](C)O)ccc1OC1CCOC1. The molecule has 0 amide bonds. The van der Waals surface area contributed by atoms with Crippen molar-refractivity contribution in [3.63, 3.8) is 0 Å². The molecule has 1 N–H and O–H groups in total. The fraction of sp³-hybridized carbons (Fsp3) is 0.538. The van der Waals surface area contributed by atoms with Crippen LogP contribution in [0.5, 0.6) is 11.5 Å². The van der Waals surface area contributed by atoms with Crippen molar-refractivity contribution in [3.05, 3.63) is 23.8 Å². The van der Waals surface area contributed by atoms with Gasteiger partial charge in [-0.2, -0.15) is 0 Å². The first-order valence-electron chi connectivity index (χ1n) is 5.81. The lowest BCUT2D eigenvalue weighted by Gasteiger charge is -2.16. The Morgan fingerprint density at radius 2 is 2.24 bits per heavy atom. The summed E-state index contributed by atoms with van der Waals surface area (Å²) < 4.78 is 16.3. The quantitative estimate of drug-likeness (QED) is 0.870. The highest BCUT2D eigenvalue weighted by Gasteiger charge is 2.19. The molecule has 1 aromatic rings. The fourth-order valence-electron chi connectivity index (χ4n) is 1.83. The van der Waals surface area contributed by atoms with Crippen molar-refractivity contribution in [2.24, 2.45) is 0 Å². The van der Waals surface area contributed by atoms with Gasteiger partial charge in [0.05, 0.1) is 26.4 Å². The molecule has 0 aromatic heterocycles. The fourth-order valence-corrected chi connectivity index (χ4v) is 1.83. The molecule has 1 heterocycles. The molecule has 4 nitrogen and oxygen atoms in total. The summed E-state index contributed by atoms with van der Waals surface area (Å²) in [6.45, 7) is 3.10. The molecule has 1 aliphatic rings. The van der Waals surface area contributed by atoms with Crippen LogP contribution in [0.15, 0.2) is 18.2 Å². The lowest BCUT2D eigenvalue weighted by atomic mass is 10.1. The second kappa shape index (κ2) is 5.38. The van der Waals surface area contributed by atoms with Crippen LogP contribution in [0.1, 0.15) is 25.0 Å². The highest BCUT2D eigenvalue weighted by atomic mass is 16.6. The van der Waals surface area contributed by atoms with E-state index in [4.69, 9.17) is 14.2 Å². The topological polar surface area (TPSA) is 47.9 Å². The van der Waals surface area contributed by atoms with Gasteiger partial charge in [0, 0.05) is 6.42 Å². The number of rotatable bonds is 4. The van der Waals surface area contributed by atoms with Gasteiger partial charge >= 0.3 is 0 Å². The number of aliphatic hydroxyl groups is 1. The summed E-state index contributed by atoms with van der Waals surface area (Å²) in [4.78, 5) is 0. The summed E-state index contributed by atoms with van der Waals surface area (Å²) in [5.74, 6) is 1.35. The van der Waals surface area contributed by atoms with Crippen molar-refractivity contribution in [1.29, 1.82) is 0 Å².